The molecule has 3 heterocycles. The normalized spacial score (nSPS) is 15.1. The minimum atomic E-state index is -0.170. The van der Waals surface area contributed by atoms with E-state index in [1.165, 1.54) is 0 Å². The van der Waals surface area contributed by atoms with Crippen molar-refractivity contribution in [2.75, 3.05) is 5.32 Å². The van der Waals surface area contributed by atoms with Crippen molar-refractivity contribution in [2.45, 2.75) is 12.6 Å². The van der Waals surface area contributed by atoms with E-state index in [4.69, 9.17) is 11.6 Å². The highest BCUT2D eigenvalue weighted by Gasteiger charge is 2.29. The van der Waals surface area contributed by atoms with Gasteiger partial charge in [0, 0.05) is 39.0 Å². The first-order valence-corrected chi connectivity index (χ1v) is 8.91. The summed E-state index contributed by atoms with van der Waals surface area (Å²) in [5.74, 6) is 0. The number of hydrogen-bond acceptors (Lipinski definition) is 5. The van der Waals surface area contributed by atoms with E-state index in [0.29, 0.717) is 16.4 Å². The van der Waals surface area contributed by atoms with Gasteiger partial charge < -0.3 is 10.3 Å². The molecule has 0 spiro atoms. The molecule has 0 saturated heterocycles. The van der Waals surface area contributed by atoms with Gasteiger partial charge in [-0.25, -0.2) is 0 Å². The molecular formula is C20H14ClN5O. The summed E-state index contributed by atoms with van der Waals surface area (Å²) in [7, 11) is 0. The van der Waals surface area contributed by atoms with Crippen molar-refractivity contribution in [2.24, 2.45) is 5.18 Å². The van der Waals surface area contributed by atoms with Gasteiger partial charge in [-0.3, -0.25) is 0 Å². The number of para-hydroxylation sites is 1. The molecule has 2 aromatic heterocycles. The highest BCUT2D eigenvalue weighted by Crippen LogP contribution is 2.45. The summed E-state index contributed by atoms with van der Waals surface area (Å²) in [6.45, 7) is -0.0337. The third-order valence-corrected chi connectivity index (χ3v) is 5.28. The molecule has 0 radical (unpaired) electrons. The van der Waals surface area contributed by atoms with Crippen LogP contribution in [0.3, 0.4) is 0 Å². The molecule has 7 heteroatoms. The van der Waals surface area contributed by atoms with E-state index in [1.807, 2.05) is 54.7 Å². The van der Waals surface area contributed by atoms with E-state index in [2.05, 4.69) is 25.7 Å². The number of fused-ring (bicyclic) bond motifs is 2. The lowest BCUT2D eigenvalue weighted by atomic mass is 9.96. The number of hydrogen-bond donors (Lipinski definition) is 2. The molecular weight excluding hydrogens is 362 g/mol. The molecule has 0 amide bonds. The number of aromatic nitrogens is 3. The van der Waals surface area contributed by atoms with Gasteiger partial charge in [-0.05, 0) is 17.7 Å². The van der Waals surface area contributed by atoms with E-state index in [0.717, 1.165) is 33.3 Å². The fraction of sp³-hybridized carbons (Fsp3) is 0.100. The van der Waals surface area contributed by atoms with Crippen molar-refractivity contribution in [3.63, 3.8) is 0 Å². The molecule has 0 aliphatic carbocycles. The van der Waals surface area contributed by atoms with Crippen molar-refractivity contribution in [1.82, 2.24) is 15.2 Å². The molecule has 132 valence electrons. The fourth-order valence-electron chi connectivity index (χ4n) is 3.78. The van der Waals surface area contributed by atoms with Crippen molar-refractivity contribution in [1.29, 1.82) is 0 Å². The number of nitroso groups, excluding NO2 is 1. The van der Waals surface area contributed by atoms with Crippen molar-refractivity contribution in [3.8, 4) is 11.1 Å². The summed E-state index contributed by atoms with van der Waals surface area (Å²) in [5, 5.41) is 16.8. The Morgan fingerprint density at radius 3 is 2.70 bits per heavy atom. The molecule has 1 unspecified atom stereocenters. The van der Waals surface area contributed by atoms with Crippen LogP contribution in [0.1, 0.15) is 22.9 Å². The van der Waals surface area contributed by atoms with Crippen LogP contribution < -0.4 is 5.32 Å². The van der Waals surface area contributed by atoms with Gasteiger partial charge in [-0.2, -0.15) is 10.0 Å². The van der Waals surface area contributed by atoms with E-state index >= 15 is 0 Å². The first-order valence-electron chi connectivity index (χ1n) is 8.54. The average molecular weight is 376 g/mol. The summed E-state index contributed by atoms with van der Waals surface area (Å²) < 4.78 is 0. The largest absolute Gasteiger partial charge is 0.374 e. The summed E-state index contributed by atoms with van der Waals surface area (Å²) in [4.78, 5) is 14.2. The van der Waals surface area contributed by atoms with Crippen LogP contribution in [0.4, 0.5) is 5.69 Å². The summed E-state index contributed by atoms with van der Waals surface area (Å²) in [6, 6.07) is 15.6. The monoisotopic (exact) mass is 375 g/mol. The van der Waals surface area contributed by atoms with Crippen molar-refractivity contribution in [3.05, 3.63) is 81.5 Å². The maximum absolute atomic E-state index is 11.0. The third kappa shape index (κ3) is 2.41. The molecule has 2 N–H and O–H groups in total. The van der Waals surface area contributed by atoms with Gasteiger partial charge in [0.1, 0.15) is 6.54 Å². The Morgan fingerprint density at radius 1 is 1.04 bits per heavy atom. The molecule has 1 atom stereocenters. The van der Waals surface area contributed by atoms with E-state index in [1.54, 1.807) is 0 Å². The molecule has 1 aliphatic heterocycles. The van der Waals surface area contributed by atoms with Crippen LogP contribution in [-0.2, 0) is 6.54 Å². The first kappa shape index (κ1) is 16.0. The maximum atomic E-state index is 11.0. The lowest BCUT2D eigenvalue weighted by molar-refractivity contribution is 0.914. The molecule has 0 fully saturated rings. The molecule has 2 aromatic carbocycles. The topological polar surface area (TPSA) is 83.0 Å². The quantitative estimate of drug-likeness (QED) is 0.490. The summed E-state index contributed by atoms with van der Waals surface area (Å²) in [5.41, 5.74) is 6.00. The zero-order valence-electron chi connectivity index (χ0n) is 14.1. The van der Waals surface area contributed by atoms with E-state index in [-0.39, 0.29) is 12.6 Å². The average Bonchev–Trinajstić information content (AvgIpc) is 3.05. The SMILES string of the molecule is O=NCc1nnc2[nH]cc3c2c1-c1ccccc1NC3c1ccccc1Cl. The minimum absolute atomic E-state index is 0.0337. The predicted molar refractivity (Wildman–Crippen MR) is 106 cm³/mol. The Morgan fingerprint density at radius 2 is 1.85 bits per heavy atom. The number of benzene rings is 2. The third-order valence-electron chi connectivity index (χ3n) is 4.94. The standard InChI is InChI=1S/C20H14ClN5O/c21-14-7-3-1-5-11(14)19-13-9-22-20-18(13)17(16(10-23-27)25-26-20)12-6-2-4-8-15(12)24-19/h1-9,19,24H,10H2,(H,22,26). The number of rotatable bonds is 3. The zero-order chi connectivity index (χ0) is 18.4. The fourth-order valence-corrected chi connectivity index (χ4v) is 4.02. The van der Waals surface area contributed by atoms with Gasteiger partial charge in [0.15, 0.2) is 5.65 Å². The van der Waals surface area contributed by atoms with Crippen LogP contribution >= 0.6 is 11.6 Å². The van der Waals surface area contributed by atoms with Crippen LogP contribution in [0.2, 0.25) is 5.02 Å². The number of nitrogens with zero attached hydrogens (tertiary/aromatic N) is 3. The predicted octanol–water partition coefficient (Wildman–Crippen LogP) is 5.06. The van der Waals surface area contributed by atoms with Gasteiger partial charge in [0.05, 0.1) is 11.7 Å². The molecule has 1 aliphatic rings. The maximum Gasteiger partial charge on any atom is 0.160 e. The smallest absolute Gasteiger partial charge is 0.160 e. The number of anilines is 1. The van der Waals surface area contributed by atoms with Crippen molar-refractivity contribution < 1.29 is 0 Å². The van der Waals surface area contributed by atoms with Crippen LogP contribution in [0.25, 0.3) is 22.2 Å². The second-order valence-corrected chi connectivity index (χ2v) is 6.83. The summed E-state index contributed by atoms with van der Waals surface area (Å²) in [6.07, 6.45) is 1.92. The van der Waals surface area contributed by atoms with Crippen molar-refractivity contribution >= 4 is 28.3 Å². The lowest BCUT2D eigenvalue weighted by Gasteiger charge is -2.20. The van der Waals surface area contributed by atoms with Gasteiger partial charge >= 0.3 is 0 Å². The summed E-state index contributed by atoms with van der Waals surface area (Å²) >= 11 is 6.51. The van der Waals surface area contributed by atoms with Crippen LogP contribution in [-0.4, -0.2) is 15.2 Å². The molecule has 6 nitrogen and oxygen atoms in total. The molecule has 0 saturated carbocycles. The molecule has 4 aromatic rings. The number of H-pyrrole nitrogens is 1. The highest BCUT2D eigenvalue weighted by molar-refractivity contribution is 6.31. The number of nitrogens with one attached hydrogen (secondary N) is 2. The Kier molecular flexibility index (Phi) is 3.65. The van der Waals surface area contributed by atoms with Crippen LogP contribution in [0, 0.1) is 4.91 Å². The molecule has 27 heavy (non-hydrogen) atoms. The Labute approximate surface area is 159 Å². The lowest BCUT2D eigenvalue weighted by Crippen LogP contribution is -2.11. The zero-order valence-corrected chi connectivity index (χ0v) is 14.9. The van der Waals surface area contributed by atoms with Gasteiger partial charge in [0.2, 0.25) is 0 Å². The number of aromatic amines is 1. The van der Waals surface area contributed by atoms with Crippen LogP contribution in [0.15, 0.2) is 59.9 Å². The highest BCUT2D eigenvalue weighted by atomic mass is 35.5. The van der Waals surface area contributed by atoms with E-state index < -0.39 is 0 Å². The Balaban J connectivity index is 1.89. The molecule has 5 rings (SSSR count). The minimum Gasteiger partial charge on any atom is -0.374 e. The van der Waals surface area contributed by atoms with Gasteiger partial charge in [-0.15, -0.1) is 5.10 Å². The van der Waals surface area contributed by atoms with Gasteiger partial charge in [-0.1, -0.05) is 53.2 Å². The van der Waals surface area contributed by atoms with E-state index in [9.17, 15) is 4.91 Å². The Hall–Kier alpha value is -3.25. The Bertz CT molecular complexity index is 1190. The second-order valence-electron chi connectivity index (χ2n) is 6.42. The second kappa shape index (κ2) is 6.17. The number of halogens is 1. The first-order chi connectivity index (χ1) is 13.3. The van der Waals surface area contributed by atoms with Crippen LogP contribution in [0.5, 0.6) is 0 Å². The van der Waals surface area contributed by atoms with Gasteiger partial charge in [0.25, 0.3) is 0 Å². The molecule has 0 bridgehead atoms.